The highest BCUT2D eigenvalue weighted by Gasteiger charge is 2.43. The molecule has 0 aromatic heterocycles. The standard InChI is InChI=1S/C15H21FN2O/c1-18-6-5-17-9-14(18)8-15(10-19-11-15)12-3-2-4-13(16)7-12/h2-4,7,14,17H,5-6,8-11H2,1H3. The molecular weight excluding hydrogens is 243 g/mol. The molecule has 1 N–H and O–H groups in total. The van der Waals surface area contributed by atoms with Crippen LogP contribution in [0.15, 0.2) is 24.3 Å². The van der Waals surface area contributed by atoms with Gasteiger partial charge in [-0.3, -0.25) is 0 Å². The Hall–Kier alpha value is -0.970. The molecule has 104 valence electrons. The Morgan fingerprint density at radius 2 is 2.32 bits per heavy atom. The molecule has 2 saturated heterocycles. The molecule has 1 unspecified atom stereocenters. The van der Waals surface area contributed by atoms with Crippen molar-refractivity contribution < 1.29 is 9.13 Å². The summed E-state index contributed by atoms with van der Waals surface area (Å²) in [6.45, 7) is 4.55. The fraction of sp³-hybridized carbons (Fsp3) is 0.600. The van der Waals surface area contributed by atoms with E-state index in [2.05, 4.69) is 17.3 Å². The van der Waals surface area contributed by atoms with Crippen LogP contribution in [0.1, 0.15) is 12.0 Å². The zero-order chi connectivity index (χ0) is 13.3. The number of halogens is 1. The van der Waals surface area contributed by atoms with E-state index in [4.69, 9.17) is 4.74 Å². The number of likely N-dealkylation sites (N-methyl/N-ethyl adjacent to an activating group) is 1. The van der Waals surface area contributed by atoms with Crippen LogP contribution in [-0.4, -0.2) is 50.8 Å². The quantitative estimate of drug-likeness (QED) is 0.893. The van der Waals surface area contributed by atoms with E-state index in [-0.39, 0.29) is 11.2 Å². The van der Waals surface area contributed by atoms with Crippen molar-refractivity contribution in [3.63, 3.8) is 0 Å². The van der Waals surface area contributed by atoms with E-state index in [1.807, 2.05) is 6.07 Å². The van der Waals surface area contributed by atoms with Crippen LogP contribution in [0.25, 0.3) is 0 Å². The lowest BCUT2D eigenvalue weighted by molar-refractivity contribution is -0.0755. The van der Waals surface area contributed by atoms with Crippen LogP contribution in [0.5, 0.6) is 0 Å². The minimum absolute atomic E-state index is 0.0000463. The minimum Gasteiger partial charge on any atom is -0.379 e. The first-order chi connectivity index (χ1) is 9.20. The van der Waals surface area contributed by atoms with Gasteiger partial charge in [-0.1, -0.05) is 12.1 Å². The molecule has 3 nitrogen and oxygen atoms in total. The first-order valence-electron chi connectivity index (χ1n) is 6.94. The number of hydrogen-bond donors (Lipinski definition) is 1. The molecule has 0 bridgehead atoms. The Bertz CT molecular complexity index is 448. The second-order valence-corrected chi connectivity index (χ2v) is 5.83. The highest BCUT2D eigenvalue weighted by Crippen LogP contribution is 2.38. The van der Waals surface area contributed by atoms with Crippen molar-refractivity contribution in [2.45, 2.75) is 17.9 Å². The molecule has 2 heterocycles. The van der Waals surface area contributed by atoms with Gasteiger partial charge in [0.1, 0.15) is 5.82 Å². The monoisotopic (exact) mass is 264 g/mol. The Balaban J connectivity index is 1.79. The summed E-state index contributed by atoms with van der Waals surface area (Å²) < 4.78 is 18.9. The van der Waals surface area contributed by atoms with Crippen molar-refractivity contribution in [2.24, 2.45) is 0 Å². The second-order valence-electron chi connectivity index (χ2n) is 5.83. The van der Waals surface area contributed by atoms with E-state index >= 15 is 0 Å². The van der Waals surface area contributed by atoms with Crippen molar-refractivity contribution in [3.05, 3.63) is 35.6 Å². The van der Waals surface area contributed by atoms with Gasteiger partial charge < -0.3 is 15.0 Å². The maximum Gasteiger partial charge on any atom is 0.123 e. The topological polar surface area (TPSA) is 24.5 Å². The third-order valence-electron chi connectivity index (χ3n) is 4.46. The highest BCUT2D eigenvalue weighted by molar-refractivity contribution is 5.29. The van der Waals surface area contributed by atoms with Crippen LogP contribution in [-0.2, 0) is 10.2 Å². The van der Waals surface area contributed by atoms with Crippen molar-refractivity contribution in [1.82, 2.24) is 10.2 Å². The van der Waals surface area contributed by atoms with Crippen LogP contribution >= 0.6 is 0 Å². The van der Waals surface area contributed by atoms with Gasteiger partial charge in [0.05, 0.1) is 13.2 Å². The third kappa shape index (κ3) is 2.53. The summed E-state index contributed by atoms with van der Waals surface area (Å²) >= 11 is 0. The van der Waals surface area contributed by atoms with Crippen LogP contribution in [0.2, 0.25) is 0 Å². The number of nitrogens with one attached hydrogen (secondary N) is 1. The van der Waals surface area contributed by atoms with E-state index in [0.717, 1.165) is 31.6 Å². The molecule has 4 heteroatoms. The SMILES string of the molecule is CN1CCNCC1CC1(c2cccc(F)c2)COC1. The molecule has 1 aromatic rings. The molecule has 2 fully saturated rings. The van der Waals surface area contributed by atoms with Gasteiger partial charge in [0.2, 0.25) is 0 Å². The molecule has 0 saturated carbocycles. The summed E-state index contributed by atoms with van der Waals surface area (Å²) in [5, 5.41) is 3.44. The van der Waals surface area contributed by atoms with Gasteiger partial charge in [0, 0.05) is 31.1 Å². The van der Waals surface area contributed by atoms with Gasteiger partial charge in [-0.15, -0.1) is 0 Å². The van der Waals surface area contributed by atoms with Crippen molar-refractivity contribution in [2.75, 3.05) is 39.9 Å². The lowest BCUT2D eigenvalue weighted by Crippen LogP contribution is -2.56. The largest absolute Gasteiger partial charge is 0.379 e. The fourth-order valence-electron chi connectivity index (χ4n) is 3.11. The number of nitrogens with zero attached hydrogens (tertiary/aromatic N) is 1. The predicted octanol–water partition coefficient (Wildman–Crippen LogP) is 1.39. The second kappa shape index (κ2) is 5.19. The van der Waals surface area contributed by atoms with Crippen molar-refractivity contribution in [1.29, 1.82) is 0 Å². The average Bonchev–Trinajstić information content (AvgIpc) is 2.36. The summed E-state index contributed by atoms with van der Waals surface area (Å²) in [5.41, 5.74) is 1.08. The summed E-state index contributed by atoms with van der Waals surface area (Å²) in [4.78, 5) is 2.40. The van der Waals surface area contributed by atoms with Crippen LogP contribution in [0, 0.1) is 5.82 Å². The summed E-state index contributed by atoms with van der Waals surface area (Å²) in [5.74, 6) is -0.154. The molecule has 0 aliphatic carbocycles. The number of piperazine rings is 1. The first-order valence-corrected chi connectivity index (χ1v) is 6.94. The fourth-order valence-corrected chi connectivity index (χ4v) is 3.11. The van der Waals surface area contributed by atoms with Gasteiger partial charge >= 0.3 is 0 Å². The maximum atomic E-state index is 13.4. The molecule has 2 aliphatic rings. The third-order valence-corrected chi connectivity index (χ3v) is 4.46. The lowest BCUT2D eigenvalue weighted by atomic mass is 9.73. The molecule has 0 spiro atoms. The lowest BCUT2D eigenvalue weighted by Gasteiger charge is -2.46. The van der Waals surface area contributed by atoms with E-state index < -0.39 is 0 Å². The average molecular weight is 264 g/mol. The van der Waals surface area contributed by atoms with Gasteiger partial charge in [0.25, 0.3) is 0 Å². The molecule has 3 rings (SSSR count). The number of ether oxygens (including phenoxy) is 1. The van der Waals surface area contributed by atoms with Gasteiger partial charge in [0.15, 0.2) is 0 Å². The van der Waals surface area contributed by atoms with Crippen LogP contribution < -0.4 is 5.32 Å². The summed E-state index contributed by atoms with van der Waals surface area (Å²) in [6, 6.07) is 7.50. The molecule has 1 aromatic carbocycles. The summed E-state index contributed by atoms with van der Waals surface area (Å²) in [6.07, 6.45) is 1.03. The minimum atomic E-state index is -0.154. The Kier molecular flexibility index (Phi) is 3.56. The van der Waals surface area contributed by atoms with Crippen molar-refractivity contribution >= 4 is 0 Å². The van der Waals surface area contributed by atoms with Crippen LogP contribution in [0.3, 0.4) is 0 Å². The highest BCUT2D eigenvalue weighted by atomic mass is 19.1. The zero-order valence-corrected chi connectivity index (χ0v) is 11.4. The Morgan fingerprint density at radius 1 is 1.47 bits per heavy atom. The van der Waals surface area contributed by atoms with Gasteiger partial charge in [-0.05, 0) is 31.2 Å². The number of hydrogen-bond acceptors (Lipinski definition) is 3. The van der Waals surface area contributed by atoms with E-state index in [9.17, 15) is 4.39 Å². The maximum absolute atomic E-state index is 13.4. The molecule has 0 amide bonds. The number of benzene rings is 1. The number of rotatable bonds is 3. The van der Waals surface area contributed by atoms with Crippen LogP contribution in [0.4, 0.5) is 4.39 Å². The smallest absolute Gasteiger partial charge is 0.123 e. The first kappa shape index (κ1) is 13.0. The van der Waals surface area contributed by atoms with E-state index in [1.165, 1.54) is 6.07 Å². The zero-order valence-electron chi connectivity index (χ0n) is 11.4. The van der Waals surface area contributed by atoms with E-state index in [0.29, 0.717) is 19.3 Å². The molecule has 2 aliphatic heterocycles. The van der Waals surface area contributed by atoms with E-state index in [1.54, 1.807) is 12.1 Å². The summed E-state index contributed by atoms with van der Waals surface area (Å²) in [7, 11) is 2.17. The molecule has 0 radical (unpaired) electrons. The Morgan fingerprint density at radius 3 is 2.95 bits per heavy atom. The van der Waals surface area contributed by atoms with Gasteiger partial charge in [-0.25, -0.2) is 4.39 Å². The molecule has 19 heavy (non-hydrogen) atoms. The van der Waals surface area contributed by atoms with Gasteiger partial charge in [-0.2, -0.15) is 0 Å². The Labute approximate surface area is 113 Å². The normalized spacial score (nSPS) is 26.9. The molecule has 1 atom stereocenters. The van der Waals surface area contributed by atoms with Crippen molar-refractivity contribution in [3.8, 4) is 0 Å². The molecular formula is C15H21FN2O. The predicted molar refractivity (Wildman–Crippen MR) is 72.8 cm³/mol.